The fourth-order valence-corrected chi connectivity index (χ4v) is 0.798. The average Bonchev–Trinajstić information content (AvgIpc) is 2.09. The number of nitrogens with two attached hydrogens (primary N) is 1. The van der Waals surface area contributed by atoms with Gasteiger partial charge in [0.2, 0.25) is 0 Å². The number of carbonyl (C=O) groups excluding carboxylic acids is 1. The summed E-state index contributed by atoms with van der Waals surface area (Å²) in [5, 5.41) is 0. The van der Waals surface area contributed by atoms with Gasteiger partial charge in [-0.25, -0.2) is 9.18 Å². The summed E-state index contributed by atoms with van der Waals surface area (Å²) < 4.78 is 17.5. The third kappa shape index (κ3) is 2.35. The summed E-state index contributed by atoms with van der Waals surface area (Å²) in [6.45, 7) is 0. The van der Waals surface area contributed by atoms with E-state index in [0.717, 1.165) is 6.07 Å². The van der Waals surface area contributed by atoms with Crippen LogP contribution in [0, 0.1) is 5.82 Å². The summed E-state index contributed by atoms with van der Waals surface area (Å²) >= 11 is 0. The third-order valence-electron chi connectivity index (χ3n) is 1.53. The topological polar surface area (TPSA) is 55.6 Å². The number of ether oxygens (including phenoxy) is 1. The normalized spacial score (nSPS) is 9.64. The van der Waals surface area contributed by atoms with Gasteiger partial charge in [-0.2, -0.15) is 0 Å². The molecule has 0 aromatic heterocycles. The lowest BCUT2D eigenvalue weighted by Gasteiger charge is -2.11. The fraction of sp³-hybridized carbons (Fsp3) is 0.222. The monoisotopic (exact) mass is 198 g/mol. The third-order valence-corrected chi connectivity index (χ3v) is 1.53. The second-order valence-electron chi connectivity index (χ2n) is 2.94. The van der Waals surface area contributed by atoms with E-state index < -0.39 is 11.9 Å². The molecular weight excluding hydrogens is 187 g/mol. The summed E-state index contributed by atoms with van der Waals surface area (Å²) in [5.74, 6) is -0.308. The Morgan fingerprint density at radius 1 is 1.50 bits per heavy atom. The van der Waals surface area contributed by atoms with Crippen LogP contribution >= 0.6 is 0 Å². The fourth-order valence-electron chi connectivity index (χ4n) is 0.798. The van der Waals surface area contributed by atoms with Crippen LogP contribution in [0.3, 0.4) is 0 Å². The number of carbonyl (C=O) groups is 1. The van der Waals surface area contributed by atoms with Crippen molar-refractivity contribution < 1.29 is 13.9 Å². The Hall–Kier alpha value is -1.78. The Morgan fingerprint density at radius 3 is 2.64 bits per heavy atom. The zero-order valence-electron chi connectivity index (χ0n) is 7.95. The van der Waals surface area contributed by atoms with Crippen molar-refractivity contribution in [3.63, 3.8) is 0 Å². The van der Waals surface area contributed by atoms with Crippen LogP contribution in [0.1, 0.15) is 0 Å². The number of hydrogen-bond acceptors (Lipinski definition) is 3. The van der Waals surface area contributed by atoms with Crippen molar-refractivity contribution in [1.82, 2.24) is 4.90 Å². The molecule has 1 rings (SSSR count). The molecule has 0 aliphatic carbocycles. The molecule has 0 heterocycles. The molecule has 1 aromatic carbocycles. The van der Waals surface area contributed by atoms with E-state index in [1.807, 2.05) is 0 Å². The van der Waals surface area contributed by atoms with Crippen molar-refractivity contribution in [2.24, 2.45) is 0 Å². The predicted octanol–water partition coefficient (Wildman–Crippen LogP) is 1.47. The van der Waals surface area contributed by atoms with Crippen molar-refractivity contribution in [3.8, 4) is 5.75 Å². The second-order valence-corrected chi connectivity index (χ2v) is 2.94. The van der Waals surface area contributed by atoms with Crippen molar-refractivity contribution in [3.05, 3.63) is 24.0 Å². The number of rotatable bonds is 1. The zero-order chi connectivity index (χ0) is 10.7. The van der Waals surface area contributed by atoms with Crippen LogP contribution in [0.4, 0.5) is 14.9 Å². The Bertz CT molecular complexity index is 353. The van der Waals surface area contributed by atoms with Gasteiger partial charge >= 0.3 is 6.09 Å². The van der Waals surface area contributed by atoms with Crippen molar-refractivity contribution >= 4 is 11.8 Å². The molecule has 14 heavy (non-hydrogen) atoms. The number of halogens is 1. The molecule has 0 atom stereocenters. The van der Waals surface area contributed by atoms with Crippen LogP contribution < -0.4 is 10.5 Å². The molecule has 0 fully saturated rings. The maximum Gasteiger partial charge on any atom is 0.414 e. The molecule has 0 aliphatic rings. The Labute approximate surface area is 81.1 Å². The molecule has 0 saturated carbocycles. The van der Waals surface area contributed by atoms with Crippen LogP contribution in [0.25, 0.3) is 0 Å². The molecule has 76 valence electrons. The molecule has 5 heteroatoms. The quantitative estimate of drug-likeness (QED) is 0.695. The average molecular weight is 198 g/mol. The summed E-state index contributed by atoms with van der Waals surface area (Å²) in [7, 11) is 3.09. The lowest BCUT2D eigenvalue weighted by Crippen LogP contribution is -2.25. The largest absolute Gasteiger partial charge is 0.414 e. The number of amides is 1. The van der Waals surface area contributed by atoms with Gasteiger partial charge in [0, 0.05) is 20.2 Å². The van der Waals surface area contributed by atoms with Crippen molar-refractivity contribution in [2.75, 3.05) is 19.8 Å². The van der Waals surface area contributed by atoms with Gasteiger partial charge in [0.05, 0.1) is 5.69 Å². The molecule has 1 aromatic rings. The molecule has 0 unspecified atom stereocenters. The second kappa shape index (κ2) is 3.95. The van der Waals surface area contributed by atoms with Crippen molar-refractivity contribution in [2.45, 2.75) is 0 Å². The van der Waals surface area contributed by atoms with Crippen LogP contribution in [0.15, 0.2) is 18.2 Å². The first-order valence-corrected chi connectivity index (χ1v) is 3.95. The van der Waals surface area contributed by atoms with E-state index in [1.165, 1.54) is 17.0 Å². The van der Waals surface area contributed by atoms with E-state index in [-0.39, 0.29) is 11.4 Å². The lowest BCUT2D eigenvalue weighted by atomic mass is 10.3. The molecule has 1 amide bonds. The molecular formula is C9H11FN2O2. The zero-order valence-corrected chi connectivity index (χ0v) is 7.95. The highest BCUT2D eigenvalue weighted by Crippen LogP contribution is 2.22. The van der Waals surface area contributed by atoms with E-state index in [0.29, 0.717) is 0 Å². The Balaban J connectivity index is 2.82. The van der Waals surface area contributed by atoms with Crippen molar-refractivity contribution in [1.29, 1.82) is 0 Å². The van der Waals surface area contributed by atoms with Gasteiger partial charge in [0.15, 0.2) is 5.75 Å². The highest BCUT2D eigenvalue weighted by molar-refractivity contribution is 5.72. The summed E-state index contributed by atoms with van der Waals surface area (Å²) in [5.41, 5.74) is 5.53. The van der Waals surface area contributed by atoms with Gasteiger partial charge in [-0.15, -0.1) is 0 Å². The van der Waals surface area contributed by atoms with Gasteiger partial charge in [-0.05, 0) is 12.1 Å². The van der Waals surface area contributed by atoms with E-state index in [9.17, 15) is 9.18 Å². The van der Waals surface area contributed by atoms with Gasteiger partial charge in [0.1, 0.15) is 5.82 Å². The minimum absolute atomic E-state index is 0.0974. The van der Waals surface area contributed by atoms with Gasteiger partial charge in [-0.3, -0.25) is 0 Å². The van der Waals surface area contributed by atoms with Gasteiger partial charge in [0.25, 0.3) is 0 Å². The highest BCUT2D eigenvalue weighted by Gasteiger charge is 2.09. The maximum absolute atomic E-state index is 12.6. The van der Waals surface area contributed by atoms with Crippen LogP contribution in [0.2, 0.25) is 0 Å². The van der Waals surface area contributed by atoms with Gasteiger partial charge < -0.3 is 15.4 Å². The minimum atomic E-state index is -0.552. The number of nitrogens with zero attached hydrogens (tertiary/aromatic N) is 1. The number of benzene rings is 1. The molecule has 0 radical (unpaired) electrons. The summed E-state index contributed by atoms with van der Waals surface area (Å²) in [6, 6.07) is 3.58. The molecule has 0 aliphatic heterocycles. The van der Waals surface area contributed by atoms with E-state index in [1.54, 1.807) is 14.1 Å². The number of anilines is 1. The Kier molecular flexibility index (Phi) is 2.91. The lowest BCUT2D eigenvalue weighted by molar-refractivity contribution is 0.172. The molecule has 0 spiro atoms. The van der Waals surface area contributed by atoms with E-state index >= 15 is 0 Å². The standard InChI is InChI=1S/C9H11FN2O2/c1-12(2)9(13)14-8-4-3-6(10)5-7(8)11/h3-5H,11H2,1-2H3. The molecule has 2 N–H and O–H groups in total. The minimum Gasteiger partial charge on any atom is -0.408 e. The maximum atomic E-state index is 12.6. The van der Waals surface area contributed by atoms with Crippen LogP contribution in [-0.2, 0) is 0 Å². The smallest absolute Gasteiger partial charge is 0.408 e. The SMILES string of the molecule is CN(C)C(=O)Oc1ccc(F)cc1N. The van der Waals surface area contributed by atoms with E-state index in [4.69, 9.17) is 10.5 Å². The first-order chi connectivity index (χ1) is 6.50. The van der Waals surface area contributed by atoms with E-state index in [2.05, 4.69) is 0 Å². The first kappa shape index (κ1) is 10.3. The molecule has 0 saturated heterocycles. The molecule has 0 bridgehead atoms. The number of hydrogen-bond donors (Lipinski definition) is 1. The first-order valence-electron chi connectivity index (χ1n) is 3.95. The van der Waals surface area contributed by atoms with Gasteiger partial charge in [-0.1, -0.05) is 0 Å². The number of nitrogen functional groups attached to an aromatic ring is 1. The summed E-state index contributed by atoms with van der Waals surface area (Å²) in [6.07, 6.45) is -0.552. The Morgan fingerprint density at radius 2 is 2.14 bits per heavy atom. The van der Waals surface area contributed by atoms with Crippen LogP contribution in [-0.4, -0.2) is 25.1 Å². The molecule has 4 nitrogen and oxygen atoms in total. The van der Waals surface area contributed by atoms with Crippen LogP contribution in [0.5, 0.6) is 5.75 Å². The highest BCUT2D eigenvalue weighted by atomic mass is 19.1. The predicted molar refractivity (Wildman–Crippen MR) is 50.5 cm³/mol. The summed E-state index contributed by atoms with van der Waals surface area (Å²) in [4.78, 5) is 12.4.